The van der Waals surface area contributed by atoms with E-state index in [4.69, 9.17) is 16.2 Å². The van der Waals surface area contributed by atoms with Crippen molar-refractivity contribution in [2.75, 3.05) is 18.1 Å². The van der Waals surface area contributed by atoms with Crippen molar-refractivity contribution in [3.05, 3.63) is 35.1 Å². The van der Waals surface area contributed by atoms with E-state index < -0.39 is 5.82 Å². The van der Waals surface area contributed by atoms with Gasteiger partial charge >= 0.3 is 0 Å². The predicted octanol–water partition coefficient (Wildman–Crippen LogP) is 2.25. The number of aromatic nitrogens is 2. The lowest BCUT2D eigenvalue weighted by molar-refractivity contribution is 0.109. The average molecular weight is 313 g/mol. The molecule has 1 fully saturated rings. The summed E-state index contributed by atoms with van der Waals surface area (Å²) in [7, 11) is 0. The van der Waals surface area contributed by atoms with E-state index in [1.165, 1.54) is 18.9 Å². The van der Waals surface area contributed by atoms with Gasteiger partial charge in [-0.05, 0) is 24.8 Å². The molecule has 0 bridgehead atoms. The van der Waals surface area contributed by atoms with E-state index in [1.54, 1.807) is 12.1 Å². The number of halogens is 1. The number of anilines is 2. The van der Waals surface area contributed by atoms with Gasteiger partial charge in [-0.1, -0.05) is 12.1 Å². The number of nitrogens with zero attached hydrogens (tertiary/aromatic N) is 3. The molecule has 1 aromatic carbocycles. The molecule has 1 aliphatic carbocycles. The fourth-order valence-electron chi connectivity index (χ4n) is 2.25. The number of benzene rings is 1. The lowest BCUT2D eigenvalue weighted by atomic mass is 10.0. The zero-order valence-electron chi connectivity index (χ0n) is 12.4. The van der Waals surface area contributed by atoms with Crippen molar-refractivity contribution in [3.8, 4) is 17.3 Å². The van der Waals surface area contributed by atoms with Gasteiger partial charge in [0.15, 0.2) is 0 Å². The van der Waals surface area contributed by atoms with Gasteiger partial charge in [-0.2, -0.15) is 10.2 Å². The quantitative estimate of drug-likeness (QED) is 0.875. The second kappa shape index (κ2) is 6.18. The van der Waals surface area contributed by atoms with Crippen molar-refractivity contribution in [1.82, 2.24) is 9.97 Å². The first-order chi connectivity index (χ1) is 11.1. The first-order valence-electron chi connectivity index (χ1n) is 7.28. The molecule has 1 aliphatic rings. The molecule has 0 amide bonds. The van der Waals surface area contributed by atoms with E-state index in [2.05, 4.69) is 9.97 Å². The third kappa shape index (κ3) is 3.38. The lowest BCUT2D eigenvalue weighted by Gasteiger charge is -2.09. The van der Waals surface area contributed by atoms with Crippen LogP contribution in [0.5, 0.6) is 0 Å². The van der Waals surface area contributed by atoms with Gasteiger partial charge < -0.3 is 16.2 Å². The zero-order chi connectivity index (χ0) is 16.4. The Balaban J connectivity index is 1.86. The summed E-state index contributed by atoms with van der Waals surface area (Å²) in [6.45, 7) is 0.889. The van der Waals surface area contributed by atoms with Crippen LogP contribution in [0, 0.1) is 23.1 Å². The highest BCUT2D eigenvalue weighted by atomic mass is 19.1. The van der Waals surface area contributed by atoms with Crippen LogP contribution in [0.4, 0.5) is 16.2 Å². The molecule has 7 heteroatoms. The highest BCUT2D eigenvalue weighted by molar-refractivity contribution is 5.73. The summed E-state index contributed by atoms with van der Waals surface area (Å²) in [4.78, 5) is 7.75. The Bertz CT molecular complexity index is 783. The third-order valence-electron chi connectivity index (χ3n) is 3.70. The molecule has 118 valence electrons. The summed E-state index contributed by atoms with van der Waals surface area (Å²) in [6.07, 6.45) is 2.38. The van der Waals surface area contributed by atoms with Crippen molar-refractivity contribution in [3.63, 3.8) is 0 Å². The molecule has 6 nitrogen and oxygen atoms in total. The van der Waals surface area contributed by atoms with E-state index in [9.17, 15) is 9.65 Å². The number of nitrogen functional groups attached to an aromatic ring is 2. The van der Waals surface area contributed by atoms with Crippen molar-refractivity contribution < 1.29 is 9.13 Å². The van der Waals surface area contributed by atoms with Crippen LogP contribution in [0.3, 0.4) is 0 Å². The number of hydrogen-bond acceptors (Lipinski definition) is 6. The van der Waals surface area contributed by atoms with E-state index in [-0.39, 0.29) is 29.6 Å². The fourth-order valence-corrected chi connectivity index (χ4v) is 2.25. The molecule has 0 saturated heterocycles. The predicted molar refractivity (Wildman–Crippen MR) is 83.3 cm³/mol. The third-order valence-corrected chi connectivity index (χ3v) is 3.70. The summed E-state index contributed by atoms with van der Waals surface area (Å²) in [6, 6.07) is 6.51. The summed E-state index contributed by atoms with van der Waals surface area (Å²) in [5, 5.41) is 9.18. The molecule has 4 N–H and O–H groups in total. The first kappa shape index (κ1) is 15.2. The Hall–Kier alpha value is -2.72. The highest BCUT2D eigenvalue weighted by Gasteiger charge is 2.21. The molecule has 1 heterocycles. The summed E-state index contributed by atoms with van der Waals surface area (Å²) in [5.41, 5.74) is 12.4. The van der Waals surface area contributed by atoms with Gasteiger partial charge in [0.2, 0.25) is 5.95 Å². The number of nitrogens with two attached hydrogens (primary N) is 2. The number of rotatable bonds is 5. The van der Waals surface area contributed by atoms with Gasteiger partial charge in [0.05, 0.1) is 12.3 Å². The SMILES string of the molecule is N#Cc1c(N)nc(N)nc1-c1ccc(COCC2CC2)c(F)c1. The second-order valence-electron chi connectivity index (χ2n) is 5.57. The van der Waals surface area contributed by atoms with Crippen molar-refractivity contribution in [1.29, 1.82) is 5.26 Å². The van der Waals surface area contributed by atoms with E-state index in [1.807, 2.05) is 6.07 Å². The van der Waals surface area contributed by atoms with Crippen LogP contribution < -0.4 is 11.5 Å². The van der Waals surface area contributed by atoms with Crippen molar-refractivity contribution in [2.45, 2.75) is 19.4 Å². The summed E-state index contributed by atoms with van der Waals surface area (Å²) in [5.74, 6) is 0.126. The van der Waals surface area contributed by atoms with Crippen LogP contribution in [0.1, 0.15) is 24.0 Å². The Morgan fingerprint density at radius 1 is 1.30 bits per heavy atom. The maximum atomic E-state index is 14.2. The minimum absolute atomic E-state index is 0.0211. The molecule has 3 rings (SSSR count). The van der Waals surface area contributed by atoms with E-state index in [0.717, 1.165) is 0 Å². The van der Waals surface area contributed by atoms with E-state index in [0.29, 0.717) is 23.7 Å². The van der Waals surface area contributed by atoms with Crippen LogP contribution in [0.2, 0.25) is 0 Å². The van der Waals surface area contributed by atoms with Gasteiger partial charge in [-0.25, -0.2) is 9.37 Å². The smallest absolute Gasteiger partial charge is 0.222 e. The topological polar surface area (TPSA) is 111 Å². The van der Waals surface area contributed by atoms with Crippen LogP contribution in [0.25, 0.3) is 11.3 Å². The molecule has 0 atom stereocenters. The summed E-state index contributed by atoms with van der Waals surface area (Å²) >= 11 is 0. The monoisotopic (exact) mass is 313 g/mol. The van der Waals surface area contributed by atoms with Gasteiger partial charge in [-0.3, -0.25) is 0 Å². The van der Waals surface area contributed by atoms with Gasteiger partial charge in [-0.15, -0.1) is 0 Å². The standard InChI is InChI=1S/C16H16FN5O/c17-13-5-10(3-4-11(13)8-23-7-9-1-2-9)14-12(6-18)15(19)22-16(20)21-14/h3-5,9H,1-2,7-8H2,(H4,19,20,21,22). The van der Waals surface area contributed by atoms with Crippen LogP contribution in [0.15, 0.2) is 18.2 Å². The van der Waals surface area contributed by atoms with Gasteiger partial charge in [0, 0.05) is 17.7 Å². The molecule has 1 saturated carbocycles. The number of hydrogen-bond donors (Lipinski definition) is 2. The van der Waals surface area contributed by atoms with Crippen LogP contribution in [-0.2, 0) is 11.3 Å². The Labute approximate surface area is 132 Å². The molecule has 0 aliphatic heterocycles. The average Bonchev–Trinajstić information content (AvgIpc) is 3.32. The first-order valence-corrected chi connectivity index (χ1v) is 7.28. The Morgan fingerprint density at radius 3 is 2.74 bits per heavy atom. The maximum Gasteiger partial charge on any atom is 0.222 e. The fraction of sp³-hybridized carbons (Fsp3) is 0.312. The molecular weight excluding hydrogens is 297 g/mol. The molecule has 0 unspecified atom stereocenters. The minimum Gasteiger partial charge on any atom is -0.382 e. The molecule has 0 spiro atoms. The highest BCUT2D eigenvalue weighted by Crippen LogP contribution is 2.30. The molecule has 2 aromatic rings. The van der Waals surface area contributed by atoms with Gasteiger partial charge in [0.1, 0.15) is 23.3 Å². The normalized spacial score (nSPS) is 13.7. The van der Waals surface area contributed by atoms with Crippen molar-refractivity contribution >= 4 is 11.8 Å². The largest absolute Gasteiger partial charge is 0.382 e. The molecule has 1 aromatic heterocycles. The second-order valence-corrected chi connectivity index (χ2v) is 5.57. The van der Waals surface area contributed by atoms with Crippen LogP contribution >= 0.6 is 0 Å². The summed E-state index contributed by atoms with van der Waals surface area (Å²) < 4.78 is 19.7. The van der Waals surface area contributed by atoms with Gasteiger partial charge in [0.25, 0.3) is 0 Å². The molecular formula is C16H16FN5O. The number of nitriles is 1. The molecule has 23 heavy (non-hydrogen) atoms. The minimum atomic E-state index is -0.419. The Kier molecular flexibility index (Phi) is 4.08. The lowest BCUT2D eigenvalue weighted by Crippen LogP contribution is -2.05. The maximum absolute atomic E-state index is 14.2. The Morgan fingerprint density at radius 2 is 2.09 bits per heavy atom. The van der Waals surface area contributed by atoms with Crippen molar-refractivity contribution in [2.24, 2.45) is 5.92 Å². The number of ether oxygens (including phenoxy) is 1. The zero-order valence-corrected chi connectivity index (χ0v) is 12.4. The van der Waals surface area contributed by atoms with Crippen LogP contribution in [-0.4, -0.2) is 16.6 Å². The van der Waals surface area contributed by atoms with E-state index >= 15 is 0 Å². The molecule has 0 radical (unpaired) electrons.